The van der Waals surface area contributed by atoms with E-state index in [0.717, 1.165) is 41.1 Å². The number of halogens is 4. The van der Waals surface area contributed by atoms with Crippen LogP contribution in [0.5, 0.6) is 0 Å². The third kappa shape index (κ3) is 5.52. The van der Waals surface area contributed by atoms with Crippen molar-refractivity contribution < 1.29 is 27.1 Å². The lowest BCUT2D eigenvalue weighted by molar-refractivity contribution is -0.137. The van der Waals surface area contributed by atoms with Crippen molar-refractivity contribution in [3.8, 4) is 5.69 Å². The van der Waals surface area contributed by atoms with E-state index in [2.05, 4.69) is 10.4 Å². The van der Waals surface area contributed by atoms with Crippen LogP contribution in [0.4, 0.5) is 17.6 Å². The van der Waals surface area contributed by atoms with Gasteiger partial charge >= 0.3 is 11.9 Å². The number of nitrogens with one attached hydrogen (secondary N) is 1. The number of alkyl halides is 3. The van der Waals surface area contributed by atoms with Crippen molar-refractivity contribution in [2.45, 2.75) is 12.7 Å². The van der Waals surface area contributed by atoms with Crippen LogP contribution in [0.25, 0.3) is 5.69 Å². The van der Waals surface area contributed by atoms with Gasteiger partial charge in [0.1, 0.15) is 5.82 Å². The first kappa shape index (κ1) is 23.9. The molecule has 2 aromatic carbocycles. The SMILES string of the molecule is COCCNC(=O)c1nn(-c2ccc(F)cc2)c(=O)n(Cc2ccc(C(F)(F)F)cc2)c1=O. The van der Waals surface area contributed by atoms with Crippen molar-refractivity contribution in [1.82, 2.24) is 19.7 Å². The number of carbonyl (C=O) groups excluding carboxylic acids is 1. The summed E-state index contributed by atoms with van der Waals surface area (Å²) in [7, 11) is 1.41. The van der Waals surface area contributed by atoms with Crippen LogP contribution >= 0.6 is 0 Å². The van der Waals surface area contributed by atoms with Crippen molar-refractivity contribution in [3.05, 3.63) is 92.0 Å². The van der Waals surface area contributed by atoms with Gasteiger partial charge in [0, 0.05) is 13.7 Å². The molecule has 3 aromatic rings. The first-order valence-electron chi connectivity index (χ1n) is 9.55. The molecule has 174 valence electrons. The fourth-order valence-electron chi connectivity index (χ4n) is 2.88. The standard InChI is InChI=1S/C21H18F4N4O4/c1-33-11-10-26-18(30)17-19(31)28(12-13-2-4-14(5-3-13)21(23,24)25)20(32)29(27-17)16-8-6-15(22)7-9-16/h2-9H,10-12H2,1H3,(H,26,30). The van der Waals surface area contributed by atoms with Crippen LogP contribution in [-0.2, 0) is 17.5 Å². The minimum atomic E-state index is -4.55. The molecule has 0 aliphatic rings. The Bertz CT molecular complexity index is 1250. The summed E-state index contributed by atoms with van der Waals surface area (Å²) in [6.45, 7) is -0.202. The number of ether oxygens (including phenoxy) is 1. The minimum absolute atomic E-state index is 0.0605. The molecule has 33 heavy (non-hydrogen) atoms. The molecule has 0 saturated carbocycles. The van der Waals surface area contributed by atoms with Gasteiger partial charge in [-0.25, -0.2) is 9.18 Å². The second-order valence-electron chi connectivity index (χ2n) is 6.85. The predicted octanol–water partition coefficient (Wildman–Crippen LogP) is 1.98. The molecule has 1 aromatic heterocycles. The van der Waals surface area contributed by atoms with Gasteiger partial charge in [-0.1, -0.05) is 12.1 Å². The molecule has 0 atom stereocenters. The van der Waals surface area contributed by atoms with Crippen LogP contribution in [0.3, 0.4) is 0 Å². The maximum Gasteiger partial charge on any atom is 0.416 e. The molecule has 1 amide bonds. The summed E-state index contributed by atoms with van der Waals surface area (Å²) < 4.78 is 58.0. The molecule has 0 fully saturated rings. The van der Waals surface area contributed by atoms with Crippen molar-refractivity contribution >= 4 is 5.91 Å². The lowest BCUT2D eigenvalue weighted by Gasteiger charge is -2.13. The highest BCUT2D eigenvalue weighted by atomic mass is 19.4. The lowest BCUT2D eigenvalue weighted by atomic mass is 10.1. The maximum absolute atomic E-state index is 13.3. The quantitative estimate of drug-likeness (QED) is 0.425. The summed E-state index contributed by atoms with van der Waals surface area (Å²) >= 11 is 0. The van der Waals surface area contributed by atoms with E-state index >= 15 is 0 Å². The van der Waals surface area contributed by atoms with Crippen LogP contribution in [-0.4, -0.2) is 40.5 Å². The number of nitrogens with zero attached hydrogens (tertiary/aromatic N) is 3. The number of aromatic nitrogens is 3. The Morgan fingerprint density at radius 3 is 2.27 bits per heavy atom. The molecule has 3 rings (SSSR count). The number of rotatable bonds is 7. The zero-order valence-electron chi connectivity index (χ0n) is 17.2. The summed E-state index contributed by atoms with van der Waals surface area (Å²) in [5.74, 6) is -1.46. The van der Waals surface area contributed by atoms with Gasteiger partial charge in [0.25, 0.3) is 11.5 Å². The third-order valence-electron chi connectivity index (χ3n) is 4.56. The zero-order chi connectivity index (χ0) is 24.2. The zero-order valence-corrected chi connectivity index (χ0v) is 17.2. The first-order chi connectivity index (χ1) is 15.6. The van der Waals surface area contributed by atoms with Crippen molar-refractivity contribution in [2.24, 2.45) is 0 Å². The number of benzene rings is 2. The Balaban J connectivity index is 2.09. The van der Waals surface area contributed by atoms with Gasteiger partial charge in [-0.2, -0.15) is 23.0 Å². The molecule has 0 unspecified atom stereocenters. The Labute approximate surface area is 184 Å². The highest BCUT2D eigenvalue weighted by molar-refractivity contribution is 5.91. The number of methoxy groups -OCH3 is 1. The molecular weight excluding hydrogens is 448 g/mol. The second-order valence-corrected chi connectivity index (χ2v) is 6.85. The maximum atomic E-state index is 13.3. The predicted molar refractivity (Wildman–Crippen MR) is 109 cm³/mol. The molecule has 1 heterocycles. The fourth-order valence-corrected chi connectivity index (χ4v) is 2.88. The molecule has 0 aliphatic carbocycles. The Kier molecular flexibility index (Phi) is 7.07. The molecule has 0 radical (unpaired) electrons. The van der Waals surface area contributed by atoms with Crippen molar-refractivity contribution in [1.29, 1.82) is 0 Å². The van der Waals surface area contributed by atoms with Gasteiger partial charge in [0.2, 0.25) is 5.69 Å². The van der Waals surface area contributed by atoms with Gasteiger partial charge in [0.15, 0.2) is 0 Å². The second kappa shape index (κ2) is 9.77. The van der Waals surface area contributed by atoms with E-state index in [4.69, 9.17) is 4.74 Å². The van der Waals surface area contributed by atoms with Gasteiger partial charge < -0.3 is 10.1 Å². The summed E-state index contributed by atoms with van der Waals surface area (Å²) in [4.78, 5) is 38.4. The largest absolute Gasteiger partial charge is 0.416 e. The molecular formula is C21H18F4N4O4. The van der Waals surface area contributed by atoms with Crippen LogP contribution in [0.2, 0.25) is 0 Å². The summed E-state index contributed by atoms with van der Waals surface area (Å²) in [6.07, 6.45) is -4.55. The Morgan fingerprint density at radius 1 is 1.06 bits per heavy atom. The molecule has 0 spiro atoms. The summed E-state index contributed by atoms with van der Waals surface area (Å²) in [6, 6.07) is 8.45. The molecule has 12 heteroatoms. The van der Waals surface area contributed by atoms with Gasteiger partial charge in [-0.3, -0.25) is 14.2 Å². The topological polar surface area (TPSA) is 95.2 Å². The van der Waals surface area contributed by atoms with E-state index < -0.39 is 47.0 Å². The molecule has 8 nitrogen and oxygen atoms in total. The number of hydrogen-bond acceptors (Lipinski definition) is 5. The highest BCUT2D eigenvalue weighted by Gasteiger charge is 2.30. The van der Waals surface area contributed by atoms with E-state index in [0.29, 0.717) is 4.57 Å². The molecule has 0 saturated heterocycles. The number of amides is 1. The summed E-state index contributed by atoms with van der Waals surface area (Å²) in [5, 5.41) is 6.27. The van der Waals surface area contributed by atoms with E-state index in [1.54, 1.807) is 0 Å². The monoisotopic (exact) mass is 466 g/mol. The Hall–Kier alpha value is -3.80. The lowest BCUT2D eigenvalue weighted by Crippen LogP contribution is -2.46. The van der Waals surface area contributed by atoms with E-state index in [1.165, 1.54) is 19.2 Å². The highest BCUT2D eigenvalue weighted by Crippen LogP contribution is 2.29. The summed E-state index contributed by atoms with van der Waals surface area (Å²) in [5.41, 5.74) is -3.22. The van der Waals surface area contributed by atoms with E-state index in [9.17, 15) is 31.9 Å². The van der Waals surface area contributed by atoms with Gasteiger partial charge in [0.05, 0.1) is 24.4 Å². The van der Waals surface area contributed by atoms with Crippen LogP contribution in [0.15, 0.2) is 58.1 Å². The third-order valence-corrected chi connectivity index (χ3v) is 4.56. The van der Waals surface area contributed by atoms with Crippen molar-refractivity contribution in [3.63, 3.8) is 0 Å². The molecule has 1 N–H and O–H groups in total. The number of carbonyl (C=O) groups is 1. The van der Waals surface area contributed by atoms with E-state index in [-0.39, 0.29) is 24.4 Å². The fraction of sp³-hybridized carbons (Fsp3) is 0.238. The van der Waals surface area contributed by atoms with Crippen LogP contribution in [0.1, 0.15) is 21.6 Å². The number of hydrogen-bond donors (Lipinski definition) is 1. The minimum Gasteiger partial charge on any atom is -0.383 e. The van der Waals surface area contributed by atoms with Crippen molar-refractivity contribution in [2.75, 3.05) is 20.3 Å². The van der Waals surface area contributed by atoms with Crippen LogP contribution < -0.4 is 16.6 Å². The average molecular weight is 466 g/mol. The smallest absolute Gasteiger partial charge is 0.383 e. The Morgan fingerprint density at radius 2 is 1.70 bits per heavy atom. The van der Waals surface area contributed by atoms with Crippen LogP contribution in [0, 0.1) is 5.82 Å². The average Bonchev–Trinajstić information content (AvgIpc) is 2.77. The van der Waals surface area contributed by atoms with Gasteiger partial charge in [-0.05, 0) is 42.0 Å². The van der Waals surface area contributed by atoms with E-state index in [1.807, 2.05) is 0 Å². The molecule has 0 bridgehead atoms. The molecule has 0 aliphatic heterocycles. The van der Waals surface area contributed by atoms with Gasteiger partial charge in [-0.15, -0.1) is 0 Å². The normalized spacial score (nSPS) is 11.4. The first-order valence-corrected chi connectivity index (χ1v) is 9.55.